The van der Waals surface area contributed by atoms with Crippen molar-refractivity contribution in [1.29, 1.82) is 0 Å². The van der Waals surface area contributed by atoms with E-state index in [4.69, 9.17) is 5.11 Å². The quantitative estimate of drug-likeness (QED) is 0.689. The summed E-state index contributed by atoms with van der Waals surface area (Å²) in [5.41, 5.74) is -7.77. The molecule has 0 unspecified atom stereocenters. The molecule has 14 heavy (non-hydrogen) atoms. The molecule has 0 rings (SSSR count). The second-order valence-electron chi connectivity index (χ2n) is 2.94. The van der Waals surface area contributed by atoms with Crippen LogP contribution in [0.4, 0.5) is 13.2 Å². The van der Waals surface area contributed by atoms with Gasteiger partial charge >= 0.3 is 15.5 Å². The molecule has 0 aromatic carbocycles. The van der Waals surface area contributed by atoms with Crippen LogP contribution in [0.2, 0.25) is 0 Å². The van der Waals surface area contributed by atoms with Gasteiger partial charge in [0.25, 0.3) is 5.91 Å². The van der Waals surface area contributed by atoms with Crippen molar-refractivity contribution in [3.05, 3.63) is 0 Å². The van der Waals surface area contributed by atoms with E-state index in [1.807, 2.05) is 0 Å². The minimum Gasteiger partial charge on any atom is -0.381 e. The number of aliphatic hydroxyl groups is 1. The highest BCUT2D eigenvalue weighted by Crippen LogP contribution is 2.22. The molecule has 0 bridgehead atoms. The maximum atomic E-state index is 11.7. The Hall–Kier alpha value is -0.830. The predicted octanol–water partition coefficient (Wildman–Crippen LogP) is -0.277. The largest absolute Gasteiger partial charge is 0.516 e. The summed E-state index contributed by atoms with van der Waals surface area (Å²) >= 11 is 0. The molecule has 84 valence electrons. The molecule has 0 spiro atoms. The average molecular weight is 235 g/mol. The van der Waals surface area contributed by atoms with Gasteiger partial charge in [0.2, 0.25) is 0 Å². The molecule has 0 fully saturated rings. The summed E-state index contributed by atoms with van der Waals surface area (Å²) in [6.07, 6.45) is 0. The average Bonchev–Trinajstić information content (AvgIpc) is 1.80. The van der Waals surface area contributed by atoms with Crippen LogP contribution in [0.25, 0.3) is 0 Å². The van der Waals surface area contributed by atoms with E-state index in [-0.39, 0.29) is 0 Å². The number of sulfonamides is 1. The van der Waals surface area contributed by atoms with E-state index in [1.54, 1.807) is 0 Å². The summed E-state index contributed by atoms with van der Waals surface area (Å²) in [7, 11) is -5.74. The topological polar surface area (TPSA) is 83.5 Å². The fourth-order valence-corrected chi connectivity index (χ4v) is 0.914. The predicted molar refractivity (Wildman–Crippen MR) is 39.4 cm³/mol. The van der Waals surface area contributed by atoms with E-state index >= 15 is 0 Å². The van der Waals surface area contributed by atoms with Crippen LogP contribution < -0.4 is 4.72 Å². The summed E-state index contributed by atoms with van der Waals surface area (Å²) < 4.78 is 56.5. The number of hydrogen-bond acceptors (Lipinski definition) is 4. The van der Waals surface area contributed by atoms with Gasteiger partial charge in [0, 0.05) is 0 Å². The standard InChI is InChI=1S/C5H8F3NO4S/c1-4(2,11)3(10)9-14(12,13)5(6,7)8/h11H,1-2H3,(H,9,10). The number of carbonyl (C=O) groups excluding carboxylic acids is 1. The van der Waals surface area contributed by atoms with Crippen molar-refractivity contribution in [1.82, 2.24) is 4.72 Å². The molecule has 0 aromatic rings. The third kappa shape index (κ3) is 3.14. The Labute approximate surface area is 78.0 Å². The molecule has 2 N–H and O–H groups in total. The smallest absolute Gasteiger partial charge is 0.381 e. The van der Waals surface area contributed by atoms with Crippen molar-refractivity contribution < 1.29 is 31.5 Å². The molecular weight excluding hydrogens is 227 g/mol. The van der Waals surface area contributed by atoms with E-state index in [2.05, 4.69) is 0 Å². The Morgan fingerprint density at radius 2 is 1.64 bits per heavy atom. The Balaban J connectivity index is 4.82. The minimum absolute atomic E-state index is 0.694. The summed E-state index contributed by atoms with van der Waals surface area (Å²) in [4.78, 5) is 10.7. The van der Waals surface area contributed by atoms with Crippen molar-refractivity contribution in [2.45, 2.75) is 25.0 Å². The third-order valence-corrected chi connectivity index (χ3v) is 2.15. The van der Waals surface area contributed by atoms with Gasteiger partial charge in [-0.3, -0.25) is 4.79 Å². The van der Waals surface area contributed by atoms with Crippen molar-refractivity contribution >= 4 is 15.9 Å². The zero-order valence-electron chi connectivity index (χ0n) is 7.21. The Kier molecular flexibility index (Phi) is 3.19. The van der Waals surface area contributed by atoms with Crippen LogP contribution in [0.15, 0.2) is 0 Å². The lowest BCUT2D eigenvalue weighted by Crippen LogP contribution is -2.48. The monoisotopic (exact) mass is 235 g/mol. The molecular formula is C5H8F3NO4S. The first-order valence-corrected chi connectivity index (χ1v) is 4.72. The SMILES string of the molecule is CC(C)(O)C(=O)NS(=O)(=O)C(F)(F)F. The normalized spacial score (nSPS) is 13.9. The van der Waals surface area contributed by atoms with E-state index in [1.165, 1.54) is 0 Å². The second-order valence-corrected chi connectivity index (χ2v) is 4.61. The van der Waals surface area contributed by atoms with Gasteiger partial charge in [0.05, 0.1) is 0 Å². The molecule has 0 radical (unpaired) electrons. The molecule has 5 nitrogen and oxygen atoms in total. The Bertz CT molecular complexity index is 326. The summed E-state index contributed by atoms with van der Waals surface area (Å²) in [6, 6.07) is 0. The summed E-state index contributed by atoms with van der Waals surface area (Å²) in [6.45, 7) is 1.71. The zero-order chi connectivity index (χ0) is 11.8. The highest BCUT2D eigenvalue weighted by molar-refractivity contribution is 7.90. The number of carbonyl (C=O) groups is 1. The number of hydrogen-bond donors (Lipinski definition) is 2. The lowest BCUT2D eigenvalue weighted by molar-refractivity contribution is -0.135. The summed E-state index contributed by atoms with van der Waals surface area (Å²) in [5, 5.41) is 8.87. The Morgan fingerprint density at radius 3 is 1.86 bits per heavy atom. The van der Waals surface area contributed by atoms with Gasteiger partial charge in [-0.1, -0.05) is 0 Å². The van der Waals surface area contributed by atoms with Crippen molar-refractivity contribution in [3.8, 4) is 0 Å². The maximum absolute atomic E-state index is 11.7. The molecule has 0 saturated carbocycles. The first kappa shape index (κ1) is 13.2. The van der Waals surface area contributed by atoms with Gasteiger partial charge in [-0.25, -0.2) is 4.72 Å². The minimum atomic E-state index is -5.74. The van der Waals surface area contributed by atoms with Crippen LogP contribution in [0.3, 0.4) is 0 Å². The summed E-state index contributed by atoms with van der Waals surface area (Å²) in [5.74, 6) is -1.64. The fraction of sp³-hybridized carbons (Fsp3) is 0.800. The van der Waals surface area contributed by atoms with Crippen molar-refractivity contribution in [3.63, 3.8) is 0 Å². The van der Waals surface area contributed by atoms with Crippen molar-refractivity contribution in [2.75, 3.05) is 0 Å². The Morgan fingerprint density at radius 1 is 1.29 bits per heavy atom. The van der Waals surface area contributed by atoms with Crippen LogP contribution in [0.1, 0.15) is 13.8 Å². The molecule has 9 heteroatoms. The number of amides is 1. The van der Waals surface area contributed by atoms with Crippen LogP contribution in [0.5, 0.6) is 0 Å². The number of nitrogens with one attached hydrogen (secondary N) is 1. The molecule has 0 aromatic heterocycles. The first-order chi connectivity index (χ1) is 5.88. The molecule has 0 saturated heterocycles. The fourth-order valence-electron chi connectivity index (χ4n) is 0.305. The van der Waals surface area contributed by atoms with Crippen LogP contribution >= 0.6 is 0 Å². The highest BCUT2D eigenvalue weighted by Gasteiger charge is 2.48. The molecule has 1 amide bonds. The van der Waals surface area contributed by atoms with Gasteiger partial charge in [0.15, 0.2) is 0 Å². The van der Waals surface area contributed by atoms with Gasteiger partial charge in [-0.15, -0.1) is 0 Å². The van der Waals surface area contributed by atoms with E-state index < -0.39 is 27.0 Å². The van der Waals surface area contributed by atoms with E-state index in [0.717, 1.165) is 13.8 Å². The lowest BCUT2D eigenvalue weighted by Gasteiger charge is -2.17. The first-order valence-electron chi connectivity index (χ1n) is 3.24. The van der Waals surface area contributed by atoms with E-state index in [0.29, 0.717) is 4.72 Å². The van der Waals surface area contributed by atoms with Gasteiger partial charge < -0.3 is 5.11 Å². The maximum Gasteiger partial charge on any atom is 0.516 e. The van der Waals surface area contributed by atoms with Gasteiger partial charge in [0.1, 0.15) is 5.60 Å². The van der Waals surface area contributed by atoms with E-state index in [9.17, 15) is 26.4 Å². The van der Waals surface area contributed by atoms with Gasteiger partial charge in [-0.2, -0.15) is 21.6 Å². The molecule has 0 heterocycles. The molecule has 0 atom stereocenters. The highest BCUT2D eigenvalue weighted by atomic mass is 32.2. The van der Waals surface area contributed by atoms with Gasteiger partial charge in [-0.05, 0) is 13.8 Å². The molecule has 0 aliphatic carbocycles. The van der Waals surface area contributed by atoms with Crippen LogP contribution in [-0.4, -0.2) is 30.5 Å². The third-order valence-electron chi connectivity index (χ3n) is 1.09. The zero-order valence-corrected chi connectivity index (χ0v) is 8.03. The van der Waals surface area contributed by atoms with Crippen LogP contribution in [0, 0.1) is 0 Å². The van der Waals surface area contributed by atoms with Crippen LogP contribution in [-0.2, 0) is 14.8 Å². The lowest BCUT2D eigenvalue weighted by atomic mass is 10.1. The number of halogens is 3. The molecule has 0 aliphatic rings. The number of alkyl halides is 3. The van der Waals surface area contributed by atoms with Crippen molar-refractivity contribution in [2.24, 2.45) is 0 Å². The number of rotatable bonds is 2. The second kappa shape index (κ2) is 3.39. The molecule has 0 aliphatic heterocycles.